The van der Waals surface area contributed by atoms with Gasteiger partial charge in [0.15, 0.2) is 0 Å². The van der Waals surface area contributed by atoms with Crippen LogP contribution in [0.4, 0.5) is 0 Å². The maximum atomic E-state index is 3.20. The van der Waals surface area contributed by atoms with E-state index in [2.05, 4.69) is 47.3 Å². The lowest BCUT2D eigenvalue weighted by Crippen LogP contribution is -1.66. The van der Waals surface area contributed by atoms with Crippen LogP contribution in [0.3, 0.4) is 0 Å². The van der Waals surface area contributed by atoms with E-state index in [0.29, 0.717) is 0 Å². The normalized spacial score (nSPS) is 13.8. The van der Waals surface area contributed by atoms with Crippen molar-refractivity contribution in [1.29, 1.82) is 0 Å². The molecule has 0 radical (unpaired) electrons. The summed E-state index contributed by atoms with van der Waals surface area (Å²) in [5.41, 5.74) is 8.05. The van der Waals surface area contributed by atoms with Crippen molar-refractivity contribution in [2.75, 3.05) is 0 Å². The Kier molecular flexibility index (Phi) is 3.30. The quantitative estimate of drug-likeness (QED) is 0.476. The molecule has 2 aromatic rings. The maximum absolute atomic E-state index is 3.20. The Labute approximate surface area is 136 Å². The molecule has 0 spiro atoms. The first-order chi connectivity index (χ1) is 10.9. The second kappa shape index (κ2) is 5.59. The number of allylic oxidation sites excluding steroid dienone is 6. The van der Waals surface area contributed by atoms with Crippen molar-refractivity contribution >= 4 is 32.1 Å². The molecular weight excluding hydrogens is 304 g/mol. The van der Waals surface area contributed by atoms with Gasteiger partial charge in [-0.05, 0) is 48.3 Å². The fraction of sp³-hybridized carbons (Fsp3) is 0. The molecule has 2 heterocycles. The van der Waals surface area contributed by atoms with E-state index in [1.54, 1.807) is 22.7 Å². The molecule has 2 heteroatoms. The molecule has 0 fully saturated rings. The smallest absolute Gasteiger partial charge is 0.0793 e. The topological polar surface area (TPSA) is 0 Å². The first-order valence-corrected chi connectivity index (χ1v) is 8.34. The third kappa shape index (κ3) is 2.69. The lowest BCUT2D eigenvalue weighted by atomic mass is 10.3. The summed E-state index contributed by atoms with van der Waals surface area (Å²) in [5, 5.41) is 0. The average molecular weight is 312 g/mol. The molecule has 22 heavy (non-hydrogen) atoms. The summed E-state index contributed by atoms with van der Waals surface area (Å²) in [6, 6.07) is 4.28. The van der Waals surface area contributed by atoms with Crippen LogP contribution in [0, 0.1) is 23.7 Å². The Hall–Kier alpha value is -2.70. The highest BCUT2D eigenvalue weighted by atomic mass is 32.1. The Bertz CT molecular complexity index is 972. The van der Waals surface area contributed by atoms with Crippen molar-refractivity contribution in [2.24, 2.45) is 0 Å². The lowest BCUT2D eigenvalue weighted by molar-refractivity contribution is 1.87. The fourth-order valence-electron chi connectivity index (χ4n) is 2.03. The molecule has 0 aliphatic heterocycles. The highest BCUT2D eigenvalue weighted by Gasteiger charge is 2.04. The van der Waals surface area contributed by atoms with Crippen LogP contribution >= 0.6 is 22.7 Å². The van der Waals surface area contributed by atoms with Crippen molar-refractivity contribution in [2.45, 2.75) is 0 Å². The predicted molar refractivity (Wildman–Crippen MR) is 94.9 cm³/mol. The van der Waals surface area contributed by atoms with Crippen LogP contribution in [0.15, 0.2) is 71.2 Å². The Morgan fingerprint density at radius 1 is 0.682 bits per heavy atom. The number of rotatable bonds is 0. The molecule has 100 valence electrons. The summed E-state index contributed by atoms with van der Waals surface area (Å²) in [5.74, 6) is 12.7. The van der Waals surface area contributed by atoms with Crippen molar-refractivity contribution in [1.82, 2.24) is 0 Å². The highest BCUT2D eigenvalue weighted by molar-refractivity contribution is 7.28. The minimum Gasteiger partial charge on any atom is -0.126 e. The van der Waals surface area contributed by atoms with E-state index < -0.39 is 0 Å². The summed E-state index contributed by atoms with van der Waals surface area (Å²) in [6.45, 7) is 0. The van der Waals surface area contributed by atoms with E-state index in [9.17, 15) is 0 Å². The van der Waals surface area contributed by atoms with E-state index >= 15 is 0 Å². The first-order valence-electron chi connectivity index (χ1n) is 6.71. The van der Waals surface area contributed by atoms with E-state index in [0.717, 1.165) is 20.9 Å². The molecule has 4 rings (SSSR count). The third-order valence-corrected chi connectivity index (χ3v) is 5.17. The molecule has 0 nitrogen and oxygen atoms in total. The molecule has 0 atom stereocenters. The molecule has 0 N–H and O–H groups in total. The van der Waals surface area contributed by atoms with E-state index in [1.807, 2.05) is 36.5 Å². The molecule has 2 aromatic heterocycles. The van der Waals surface area contributed by atoms with Gasteiger partial charge >= 0.3 is 0 Å². The lowest BCUT2D eigenvalue weighted by Gasteiger charge is -1.81. The third-order valence-electron chi connectivity index (χ3n) is 3.04. The summed E-state index contributed by atoms with van der Waals surface area (Å²) in [7, 11) is 0. The minimum absolute atomic E-state index is 0.939. The molecule has 0 saturated carbocycles. The van der Waals surface area contributed by atoms with Crippen LogP contribution in [-0.4, -0.2) is 0 Å². The van der Waals surface area contributed by atoms with Gasteiger partial charge in [-0.2, -0.15) is 0 Å². The Morgan fingerprint density at radius 3 is 1.59 bits per heavy atom. The van der Waals surface area contributed by atoms with Gasteiger partial charge in [-0.1, -0.05) is 24.0 Å². The van der Waals surface area contributed by atoms with Crippen molar-refractivity contribution in [3.05, 3.63) is 81.0 Å². The van der Waals surface area contributed by atoms with Crippen LogP contribution in [0.5, 0.6) is 0 Å². The van der Waals surface area contributed by atoms with Crippen LogP contribution < -0.4 is 0 Å². The number of fused-ring (bicyclic) bond motifs is 1. The molecular formula is C20H8S2. The zero-order valence-electron chi connectivity index (χ0n) is 11.4. The molecule has 0 saturated heterocycles. The zero-order chi connectivity index (χ0) is 14.8. The van der Waals surface area contributed by atoms with Crippen LogP contribution in [0.1, 0.15) is 9.75 Å². The zero-order valence-corrected chi connectivity index (χ0v) is 13.1. The average Bonchev–Trinajstić information content (AvgIpc) is 3.26. The van der Waals surface area contributed by atoms with Crippen molar-refractivity contribution in [3.8, 4) is 23.7 Å². The van der Waals surface area contributed by atoms with Crippen LogP contribution in [-0.2, 0) is 0 Å². The van der Waals surface area contributed by atoms with Gasteiger partial charge < -0.3 is 0 Å². The maximum Gasteiger partial charge on any atom is 0.0793 e. The van der Waals surface area contributed by atoms with Gasteiger partial charge in [-0.3, -0.25) is 0 Å². The molecule has 2 aliphatic carbocycles. The largest absolute Gasteiger partial charge is 0.126 e. The van der Waals surface area contributed by atoms with Gasteiger partial charge in [0.05, 0.1) is 20.9 Å². The fourth-order valence-corrected chi connectivity index (χ4v) is 4.14. The summed E-state index contributed by atoms with van der Waals surface area (Å²) in [6.07, 6.45) is 11.6. The SMILES string of the molecule is C1=CC=CC=1C#Cc1cc2sc(C#CC3=C=CC=C3)cc2s1. The molecule has 0 aromatic carbocycles. The first kappa shape index (κ1) is 13.0. The standard InChI is InChI=1S/C20H8S2/c1-2-6-15(5-1)9-11-17-13-19-20(21-17)14-18(22-19)12-10-16-7-3-4-8-16/h1-5,7,13-14H. The highest BCUT2D eigenvalue weighted by Crippen LogP contribution is 2.32. The van der Waals surface area contributed by atoms with E-state index in [1.165, 1.54) is 9.40 Å². The van der Waals surface area contributed by atoms with Crippen LogP contribution in [0.2, 0.25) is 0 Å². The predicted octanol–water partition coefficient (Wildman–Crippen LogP) is 4.97. The molecule has 0 unspecified atom stereocenters. The van der Waals surface area contributed by atoms with Crippen LogP contribution in [0.25, 0.3) is 9.40 Å². The second-order valence-electron chi connectivity index (χ2n) is 4.62. The number of thiophene rings is 2. The summed E-state index contributed by atoms with van der Waals surface area (Å²) < 4.78 is 2.49. The van der Waals surface area contributed by atoms with E-state index in [4.69, 9.17) is 0 Å². The Balaban J connectivity index is 1.60. The van der Waals surface area contributed by atoms with Gasteiger partial charge in [0.2, 0.25) is 0 Å². The van der Waals surface area contributed by atoms with Gasteiger partial charge in [-0.25, -0.2) is 0 Å². The minimum atomic E-state index is 0.939. The molecule has 2 aliphatic rings. The number of hydrogen-bond acceptors (Lipinski definition) is 2. The van der Waals surface area contributed by atoms with Gasteiger partial charge in [0.1, 0.15) is 0 Å². The molecule has 0 bridgehead atoms. The van der Waals surface area contributed by atoms with Gasteiger partial charge in [0.25, 0.3) is 0 Å². The summed E-state index contributed by atoms with van der Waals surface area (Å²) >= 11 is 3.42. The summed E-state index contributed by atoms with van der Waals surface area (Å²) in [4.78, 5) is 2.17. The monoisotopic (exact) mass is 312 g/mol. The van der Waals surface area contributed by atoms with Crippen molar-refractivity contribution in [3.63, 3.8) is 0 Å². The van der Waals surface area contributed by atoms with Gasteiger partial charge in [-0.15, -0.1) is 34.1 Å². The molecule has 0 amide bonds. The second-order valence-corrected chi connectivity index (χ2v) is 6.78. The van der Waals surface area contributed by atoms with Crippen molar-refractivity contribution < 1.29 is 0 Å². The number of hydrogen-bond donors (Lipinski definition) is 0. The van der Waals surface area contributed by atoms with Gasteiger partial charge in [0, 0.05) is 9.40 Å². The Morgan fingerprint density at radius 2 is 1.18 bits per heavy atom. The van der Waals surface area contributed by atoms with E-state index in [-0.39, 0.29) is 0 Å².